The van der Waals surface area contributed by atoms with E-state index in [2.05, 4.69) is 192 Å². The maximum atomic E-state index is 2.55. The van der Waals surface area contributed by atoms with Gasteiger partial charge in [-0.05, 0) is 67.0 Å². The number of fused-ring (bicyclic) bond motifs is 11. The third kappa shape index (κ3) is 2.69. The third-order valence-corrected chi connectivity index (χ3v) is 11.7. The summed E-state index contributed by atoms with van der Waals surface area (Å²) in [6, 6.07) is 44.4. The summed E-state index contributed by atoms with van der Waals surface area (Å²) in [5, 5.41) is 5.16. The van der Waals surface area contributed by atoms with Crippen LogP contribution in [0.5, 0.6) is 0 Å². The van der Waals surface area contributed by atoms with Crippen LogP contribution in [0.15, 0.2) is 164 Å². The molecule has 6 nitrogen and oxygen atoms in total. The molecular weight excluding hydrogens is 611 g/mol. The quantitative estimate of drug-likeness (QED) is 0.151. The molecule has 0 saturated carbocycles. The SMILES string of the molecule is C1=CN(c2ccccc2)C=CB1c1cn2[n+](c1)C13c4c(cccc4-2)-n2c4ccccc4c4cc5c6ccccc6n(c5c1c42)-c1cccc[n+]13. The Hall–Kier alpha value is -6.60. The van der Waals surface area contributed by atoms with Gasteiger partial charge in [-0.1, -0.05) is 77.3 Å². The fourth-order valence-corrected chi connectivity index (χ4v) is 9.77. The number of nitrogens with zero attached hydrogens (tertiary/aromatic N) is 6. The standard InChI is InChI=1S/C43H27BN6/c1-2-11-29(12-3-1)45-23-20-44(21-24-45)28-26-47-36-17-10-18-37-39(36)43(48(47)27-28)40-41-32(30-13-4-6-15-34(30)49(37)41)25-33-31-14-5-7-16-35(31)50(42(33)40)38-19-8-9-22-46(38)43/h1-27H/q+2. The number of rotatable bonds is 2. The summed E-state index contributed by atoms with van der Waals surface area (Å²) < 4.78 is 12.5. The van der Waals surface area contributed by atoms with Crippen molar-refractivity contribution in [2.45, 2.75) is 5.66 Å². The van der Waals surface area contributed by atoms with E-state index in [1.165, 1.54) is 71.6 Å². The molecule has 1 unspecified atom stereocenters. The van der Waals surface area contributed by atoms with E-state index in [0.717, 1.165) is 11.5 Å². The van der Waals surface area contributed by atoms with Crippen LogP contribution in [0, 0.1) is 0 Å². The summed E-state index contributed by atoms with van der Waals surface area (Å²) in [7, 11) is 0. The van der Waals surface area contributed by atoms with Gasteiger partial charge in [0.05, 0.1) is 29.1 Å². The first-order chi connectivity index (χ1) is 24.8. The van der Waals surface area contributed by atoms with Crippen LogP contribution in [0.1, 0.15) is 11.1 Å². The van der Waals surface area contributed by atoms with Crippen molar-refractivity contribution in [3.63, 3.8) is 0 Å². The number of hydrogen-bond donors (Lipinski definition) is 0. The van der Waals surface area contributed by atoms with E-state index in [-0.39, 0.29) is 6.71 Å². The summed E-state index contributed by atoms with van der Waals surface area (Å²) in [4.78, 5) is 2.19. The molecule has 1 spiro atoms. The van der Waals surface area contributed by atoms with Crippen LogP contribution in [-0.2, 0) is 5.66 Å². The van der Waals surface area contributed by atoms with E-state index < -0.39 is 5.66 Å². The molecule has 50 heavy (non-hydrogen) atoms. The lowest BCUT2D eigenvalue weighted by molar-refractivity contribution is -0.993. The fourth-order valence-electron chi connectivity index (χ4n) is 9.77. The Balaban J connectivity index is 1.19. The van der Waals surface area contributed by atoms with Crippen molar-refractivity contribution in [1.82, 2.24) is 13.8 Å². The average molecular weight is 639 g/mol. The predicted molar refractivity (Wildman–Crippen MR) is 199 cm³/mol. The lowest BCUT2D eigenvalue weighted by atomic mass is 9.45. The van der Waals surface area contributed by atoms with Gasteiger partial charge in [-0.2, -0.15) is 9.13 Å². The van der Waals surface area contributed by atoms with Gasteiger partial charge in [0.25, 0.3) is 5.82 Å². The lowest BCUT2D eigenvalue weighted by Gasteiger charge is -2.32. The minimum atomic E-state index is -0.647. The van der Waals surface area contributed by atoms with Crippen LogP contribution in [0.3, 0.4) is 0 Å². The minimum Gasteiger partial charge on any atom is -0.326 e. The maximum absolute atomic E-state index is 2.55. The van der Waals surface area contributed by atoms with Gasteiger partial charge in [-0.15, -0.1) is 4.68 Å². The van der Waals surface area contributed by atoms with Gasteiger partial charge in [0.1, 0.15) is 22.3 Å². The smallest absolute Gasteiger partial charge is 0.326 e. The molecule has 0 aliphatic carbocycles. The van der Waals surface area contributed by atoms with Crippen LogP contribution in [0.4, 0.5) is 5.69 Å². The highest BCUT2D eigenvalue weighted by Crippen LogP contribution is 2.54. The Morgan fingerprint density at radius 2 is 1.26 bits per heavy atom. The van der Waals surface area contributed by atoms with E-state index in [4.69, 9.17) is 0 Å². The van der Waals surface area contributed by atoms with Gasteiger partial charge in [0, 0.05) is 38.8 Å². The second kappa shape index (κ2) is 8.51. The van der Waals surface area contributed by atoms with E-state index in [1.807, 2.05) is 0 Å². The molecule has 0 bridgehead atoms. The minimum absolute atomic E-state index is 0.143. The predicted octanol–water partition coefficient (Wildman–Crippen LogP) is 6.81. The number of hydrogen-bond acceptors (Lipinski definition) is 1. The summed E-state index contributed by atoms with van der Waals surface area (Å²) >= 11 is 0. The Labute approximate surface area is 286 Å². The normalized spacial score (nSPS) is 17.4. The Morgan fingerprint density at radius 3 is 2.06 bits per heavy atom. The Bertz CT molecular complexity index is 3020. The van der Waals surface area contributed by atoms with Crippen LogP contribution in [0.2, 0.25) is 0 Å². The Kier molecular flexibility index (Phi) is 4.33. The molecule has 7 heteroatoms. The van der Waals surface area contributed by atoms with Gasteiger partial charge >= 0.3 is 5.66 Å². The number of pyridine rings is 1. The van der Waals surface area contributed by atoms with Gasteiger partial charge in [-0.3, -0.25) is 0 Å². The number of anilines is 1. The summed E-state index contributed by atoms with van der Waals surface area (Å²) in [6.45, 7) is 0.143. The molecule has 1 atom stereocenters. The monoisotopic (exact) mass is 638 g/mol. The molecule has 0 N–H and O–H groups in total. The lowest BCUT2D eigenvalue weighted by Crippen LogP contribution is -2.77. The van der Waals surface area contributed by atoms with E-state index in [0.29, 0.717) is 0 Å². The van der Waals surface area contributed by atoms with Crippen LogP contribution >= 0.6 is 0 Å². The number of aromatic nitrogens is 5. The van der Waals surface area contributed by atoms with Crippen molar-refractivity contribution in [2.75, 3.05) is 4.90 Å². The molecule has 13 rings (SSSR count). The second-order valence-corrected chi connectivity index (χ2v) is 13.9. The molecule has 0 radical (unpaired) electrons. The van der Waals surface area contributed by atoms with Gasteiger partial charge in [0.2, 0.25) is 6.71 Å². The van der Waals surface area contributed by atoms with Crippen LogP contribution in [-0.4, -0.2) is 20.5 Å². The molecule has 8 heterocycles. The Morgan fingerprint density at radius 1 is 0.580 bits per heavy atom. The molecule has 0 fully saturated rings. The average Bonchev–Trinajstić information content (AvgIpc) is 3.93. The molecule has 4 aromatic heterocycles. The van der Waals surface area contributed by atoms with E-state index in [1.54, 1.807) is 0 Å². The van der Waals surface area contributed by atoms with Gasteiger partial charge in [0.15, 0.2) is 11.7 Å². The number of benzene rings is 5. The zero-order chi connectivity index (χ0) is 32.3. The highest BCUT2D eigenvalue weighted by Gasteiger charge is 2.68. The second-order valence-electron chi connectivity index (χ2n) is 13.9. The first-order valence-corrected chi connectivity index (χ1v) is 17.3. The third-order valence-electron chi connectivity index (χ3n) is 11.7. The highest BCUT2D eigenvalue weighted by atomic mass is 15.5. The topological polar surface area (TPSA) is 25.8 Å². The summed E-state index contributed by atoms with van der Waals surface area (Å²) in [5.74, 6) is 5.78. The number of para-hydroxylation sites is 3. The zero-order valence-electron chi connectivity index (χ0n) is 26.8. The van der Waals surface area contributed by atoms with Crippen molar-refractivity contribution in [2.24, 2.45) is 0 Å². The van der Waals surface area contributed by atoms with Gasteiger partial charge in [-0.25, -0.2) is 0 Å². The van der Waals surface area contributed by atoms with E-state index >= 15 is 0 Å². The highest BCUT2D eigenvalue weighted by molar-refractivity contribution is 6.82. The van der Waals surface area contributed by atoms with Crippen molar-refractivity contribution in [3.8, 4) is 17.2 Å². The largest absolute Gasteiger partial charge is 0.394 e. The molecule has 230 valence electrons. The van der Waals surface area contributed by atoms with Crippen LogP contribution < -0.4 is 19.6 Å². The molecule has 4 aliphatic rings. The fraction of sp³-hybridized carbons (Fsp3) is 0.0233. The first-order valence-electron chi connectivity index (χ1n) is 17.3. The molecule has 4 aliphatic heterocycles. The summed E-state index contributed by atoms with van der Waals surface area (Å²) in [6.07, 6.45) is 11.5. The summed E-state index contributed by atoms with van der Waals surface area (Å²) in [5.41, 5.74) is 11.9. The first kappa shape index (κ1) is 25.4. The van der Waals surface area contributed by atoms with Crippen molar-refractivity contribution < 1.29 is 9.25 Å². The van der Waals surface area contributed by atoms with E-state index in [9.17, 15) is 0 Å². The molecule has 5 aromatic carbocycles. The van der Waals surface area contributed by atoms with Gasteiger partial charge < -0.3 is 9.47 Å². The maximum Gasteiger partial charge on any atom is 0.394 e. The molecule has 0 saturated heterocycles. The van der Waals surface area contributed by atoms with Crippen molar-refractivity contribution in [1.29, 1.82) is 0 Å². The van der Waals surface area contributed by atoms with Crippen molar-refractivity contribution >= 4 is 61.5 Å². The van der Waals surface area contributed by atoms with Crippen LogP contribution in [0.25, 0.3) is 60.8 Å². The zero-order valence-corrected chi connectivity index (χ0v) is 26.8. The molecular formula is C43H27BN6+2. The van der Waals surface area contributed by atoms with Crippen molar-refractivity contribution in [3.05, 3.63) is 175 Å². The molecule has 0 amide bonds. The molecule has 9 aromatic rings.